The first-order valence-electron chi connectivity index (χ1n) is 11.0. The van der Waals surface area contributed by atoms with Gasteiger partial charge in [-0.2, -0.15) is 0 Å². The minimum Gasteiger partial charge on any atom is -0.493 e. The van der Waals surface area contributed by atoms with Gasteiger partial charge in [0.15, 0.2) is 0 Å². The number of ether oxygens (including phenoxy) is 2. The first-order chi connectivity index (χ1) is 16.4. The van der Waals surface area contributed by atoms with Gasteiger partial charge < -0.3 is 18.6 Å². The zero-order valence-corrected chi connectivity index (χ0v) is 22.2. The van der Waals surface area contributed by atoms with Crippen molar-refractivity contribution in [3.8, 4) is 11.5 Å². The molecule has 0 aliphatic heterocycles. The molecule has 0 fully saturated rings. The van der Waals surface area contributed by atoms with Crippen molar-refractivity contribution in [2.24, 2.45) is 14.1 Å². The third kappa shape index (κ3) is 6.76. The Morgan fingerprint density at radius 3 is 1.62 bits per heavy atom. The summed E-state index contributed by atoms with van der Waals surface area (Å²) in [5.74, 6) is 2.18. The lowest BCUT2D eigenvalue weighted by molar-refractivity contribution is 0.318. The first kappa shape index (κ1) is 26.1. The van der Waals surface area contributed by atoms with Crippen LogP contribution in [0.3, 0.4) is 0 Å². The van der Waals surface area contributed by atoms with Crippen LogP contribution in [0.2, 0.25) is 0 Å². The molecule has 4 rings (SSSR count). The highest BCUT2D eigenvalue weighted by Gasteiger charge is 2.03. The third-order valence-corrected chi connectivity index (χ3v) is 6.32. The fourth-order valence-electron chi connectivity index (χ4n) is 3.36. The molecule has 2 heterocycles. The van der Waals surface area contributed by atoms with Crippen LogP contribution in [0.5, 0.6) is 11.5 Å². The minimum absolute atomic E-state index is 0.00177. The summed E-state index contributed by atoms with van der Waals surface area (Å²) in [4.78, 5) is 23.0. The van der Waals surface area contributed by atoms with Gasteiger partial charge in [-0.25, -0.2) is 0 Å². The van der Waals surface area contributed by atoms with Gasteiger partial charge in [0.1, 0.15) is 11.5 Å². The van der Waals surface area contributed by atoms with E-state index >= 15 is 0 Å². The van der Waals surface area contributed by atoms with E-state index in [9.17, 15) is 9.59 Å². The SMILES string of the molecule is Cn1c(=O)ccc2ccc(OCCCCl)cc21.Cn1c(=O)ccc2ccc(OCCCI)cc21. The van der Waals surface area contributed by atoms with Crippen molar-refractivity contribution in [1.82, 2.24) is 9.13 Å². The average Bonchev–Trinajstić information content (AvgIpc) is 2.85. The van der Waals surface area contributed by atoms with Crippen molar-refractivity contribution >= 4 is 56.0 Å². The molecule has 0 aliphatic rings. The Morgan fingerprint density at radius 1 is 0.735 bits per heavy atom. The van der Waals surface area contributed by atoms with Crippen LogP contribution < -0.4 is 20.6 Å². The van der Waals surface area contributed by atoms with Gasteiger partial charge in [0.2, 0.25) is 0 Å². The molecule has 0 amide bonds. The molecule has 0 bridgehead atoms. The Labute approximate surface area is 217 Å². The number of pyridine rings is 2. The average molecular weight is 595 g/mol. The molecule has 2 aromatic carbocycles. The number of benzene rings is 2. The molecule has 0 N–H and O–H groups in total. The molecule has 8 heteroatoms. The van der Waals surface area contributed by atoms with Crippen molar-refractivity contribution in [2.45, 2.75) is 12.8 Å². The highest BCUT2D eigenvalue weighted by Crippen LogP contribution is 2.20. The quantitative estimate of drug-likeness (QED) is 0.158. The molecule has 4 aromatic rings. The Kier molecular flexibility index (Phi) is 9.83. The number of hydrogen-bond acceptors (Lipinski definition) is 4. The zero-order chi connectivity index (χ0) is 24.5. The first-order valence-corrected chi connectivity index (χ1v) is 13.1. The molecule has 6 nitrogen and oxygen atoms in total. The number of nitrogens with zero attached hydrogens (tertiary/aromatic N) is 2. The van der Waals surface area contributed by atoms with Gasteiger partial charge in [-0.15, -0.1) is 11.6 Å². The van der Waals surface area contributed by atoms with Gasteiger partial charge in [-0.05, 0) is 60.0 Å². The van der Waals surface area contributed by atoms with Crippen molar-refractivity contribution in [3.63, 3.8) is 0 Å². The van der Waals surface area contributed by atoms with Crippen molar-refractivity contribution in [2.75, 3.05) is 23.5 Å². The Bertz CT molecular complexity index is 1260. The van der Waals surface area contributed by atoms with E-state index in [4.69, 9.17) is 21.1 Å². The van der Waals surface area contributed by atoms with Crippen LogP contribution in [-0.4, -0.2) is 32.7 Å². The van der Waals surface area contributed by atoms with Gasteiger partial charge in [0.05, 0.1) is 24.2 Å². The topological polar surface area (TPSA) is 62.5 Å². The fraction of sp³-hybridized carbons (Fsp3) is 0.308. The third-order valence-electron chi connectivity index (χ3n) is 5.29. The molecular weight excluding hydrogens is 567 g/mol. The van der Waals surface area contributed by atoms with E-state index in [-0.39, 0.29) is 11.1 Å². The summed E-state index contributed by atoms with van der Waals surface area (Å²) in [6, 6.07) is 18.4. The summed E-state index contributed by atoms with van der Waals surface area (Å²) in [5, 5.41) is 2.07. The molecule has 180 valence electrons. The van der Waals surface area contributed by atoms with Gasteiger partial charge >= 0.3 is 0 Å². The van der Waals surface area contributed by atoms with Gasteiger partial charge in [0.25, 0.3) is 11.1 Å². The van der Waals surface area contributed by atoms with E-state index < -0.39 is 0 Å². The maximum absolute atomic E-state index is 11.5. The summed E-state index contributed by atoms with van der Waals surface area (Å²) in [7, 11) is 3.53. The van der Waals surface area contributed by atoms with Crippen molar-refractivity contribution in [1.29, 1.82) is 0 Å². The number of alkyl halides is 2. The number of aryl methyl sites for hydroxylation is 2. The number of halogens is 2. The molecule has 34 heavy (non-hydrogen) atoms. The minimum atomic E-state index is -0.0181. The van der Waals surface area contributed by atoms with Crippen molar-refractivity contribution < 1.29 is 9.47 Å². The molecule has 0 spiro atoms. The van der Waals surface area contributed by atoms with Crippen LogP contribution in [0, 0.1) is 0 Å². The monoisotopic (exact) mass is 594 g/mol. The van der Waals surface area contributed by atoms with E-state index in [0.717, 1.165) is 57.2 Å². The highest BCUT2D eigenvalue weighted by atomic mass is 127. The lowest BCUT2D eigenvalue weighted by Gasteiger charge is -2.08. The van der Waals surface area contributed by atoms with Crippen LogP contribution >= 0.6 is 34.2 Å². The molecular formula is C26H28ClIN2O4. The largest absolute Gasteiger partial charge is 0.493 e. The predicted molar refractivity (Wildman–Crippen MR) is 148 cm³/mol. The molecule has 0 saturated carbocycles. The Balaban J connectivity index is 0.000000191. The summed E-state index contributed by atoms with van der Waals surface area (Å²) in [6.45, 7) is 1.31. The molecule has 2 aromatic heterocycles. The zero-order valence-electron chi connectivity index (χ0n) is 19.3. The summed E-state index contributed by atoms with van der Waals surface area (Å²) >= 11 is 7.91. The molecule has 0 saturated heterocycles. The smallest absolute Gasteiger partial charge is 0.250 e. The van der Waals surface area contributed by atoms with E-state index in [2.05, 4.69) is 22.6 Å². The van der Waals surface area contributed by atoms with Crippen LogP contribution in [0.25, 0.3) is 21.8 Å². The molecule has 0 aliphatic carbocycles. The van der Waals surface area contributed by atoms with E-state index in [1.54, 1.807) is 35.4 Å². The number of rotatable bonds is 8. The normalized spacial score (nSPS) is 10.7. The number of fused-ring (bicyclic) bond motifs is 2. The standard InChI is InChI=1S/C13H14ClNO2.C13H14INO2/c2*1-15-12-9-11(17-8-2-7-14)5-3-10(12)4-6-13(15)16/h2*3-6,9H,2,7-8H2,1H3. The Morgan fingerprint density at radius 2 is 1.18 bits per heavy atom. The molecule has 0 radical (unpaired) electrons. The number of hydrogen-bond donors (Lipinski definition) is 0. The second kappa shape index (κ2) is 12.8. The summed E-state index contributed by atoms with van der Waals surface area (Å²) < 4.78 is 15.5. The van der Waals surface area contributed by atoms with Crippen LogP contribution in [-0.2, 0) is 14.1 Å². The maximum atomic E-state index is 11.5. The predicted octanol–water partition coefficient (Wildman–Crippen LogP) is 5.29. The van der Waals surface area contributed by atoms with Crippen LogP contribution in [0.1, 0.15) is 12.8 Å². The van der Waals surface area contributed by atoms with Crippen LogP contribution in [0.4, 0.5) is 0 Å². The summed E-state index contributed by atoms with van der Waals surface area (Å²) in [5.41, 5.74) is 1.77. The summed E-state index contributed by atoms with van der Waals surface area (Å²) in [6.07, 6.45) is 1.85. The fourth-order valence-corrected chi connectivity index (χ4v) is 3.78. The number of aromatic nitrogens is 2. The van der Waals surface area contributed by atoms with E-state index in [0.29, 0.717) is 12.5 Å². The highest BCUT2D eigenvalue weighted by molar-refractivity contribution is 14.1. The lowest BCUT2D eigenvalue weighted by Crippen LogP contribution is -2.15. The molecule has 0 atom stereocenters. The Hall–Kier alpha value is -2.52. The van der Waals surface area contributed by atoms with E-state index in [1.165, 1.54) is 0 Å². The lowest BCUT2D eigenvalue weighted by atomic mass is 10.2. The van der Waals surface area contributed by atoms with Crippen LogP contribution in [0.15, 0.2) is 70.3 Å². The van der Waals surface area contributed by atoms with Gasteiger partial charge in [0, 0.05) is 48.7 Å². The van der Waals surface area contributed by atoms with Gasteiger partial charge in [-0.3, -0.25) is 9.59 Å². The van der Waals surface area contributed by atoms with E-state index in [1.807, 2.05) is 48.5 Å². The van der Waals surface area contributed by atoms with Gasteiger partial charge in [-0.1, -0.05) is 22.6 Å². The van der Waals surface area contributed by atoms with Crippen molar-refractivity contribution in [3.05, 3.63) is 81.4 Å². The molecule has 0 unspecified atom stereocenters. The second-order valence-corrected chi connectivity index (χ2v) is 9.14. The second-order valence-electron chi connectivity index (χ2n) is 7.68. The maximum Gasteiger partial charge on any atom is 0.250 e.